The number of hydrogen-bond donors (Lipinski definition) is 1. The molecule has 8 nitrogen and oxygen atoms in total. The number of carbonyl (C=O) groups excluding carboxylic acids is 4. The van der Waals surface area contributed by atoms with Crippen LogP contribution in [0.4, 0.5) is 10.1 Å². The number of H-pyrrole nitrogens is 1. The van der Waals surface area contributed by atoms with E-state index in [0.29, 0.717) is 6.42 Å². The van der Waals surface area contributed by atoms with Crippen LogP contribution in [0.1, 0.15) is 29.3 Å². The van der Waals surface area contributed by atoms with Gasteiger partial charge in [0.15, 0.2) is 0 Å². The molecule has 1 aliphatic rings. The number of fused-ring (bicyclic) bond motifs is 1. The third-order valence-electron chi connectivity index (χ3n) is 6.52. The number of imide groups is 1. The fraction of sp³-hybridized carbons (Fsp3) is 0.172. The SMILES string of the molecule is CC(=O)Oc1ccc(N2C(=O)CC(N(CCc3c[nH]c4ccccc34)C(=O)c3ccccc3F)C2=O)cc1. The molecule has 2 heterocycles. The van der Waals surface area contributed by atoms with Crippen LogP contribution in [0, 0.1) is 5.82 Å². The molecule has 38 heavy (non-hydrogen) atoms. The van der Waals surface area contributed by atoms with Gasteiger partial charge in [0.2, 0.25) is 5.91 Å². The Morgan fingerprint density at radius 2 is 1.74 bits per heavy atom. The van der Waals surface area contributed by atoms with E-state index in [-0.39, 0.29) is 30.0 Å². The molecule has 192 valence electrons. The first-order valence-corrected chi connectivity index (χ1v) is 12.1. The molecule has 1 fully saturated rings. The Morgan fingerprint density at radius 1 is 1.03 bits per heavy atom. The summed E-state index contributed by atoms with van der Waals surface area (Å²) in [5, 5.41) is 0.981. The molecule has 4 aromatic rings. The smallest absolute Gasteiger partial charge is 0.308 e. The second-order valence-electron chi connectivity index (χ2n) is 8.96. The van der Waals surface area contributed by atoms with Gasteiger partial charge in [-0.3, -0.25) is 19.2 Å². The van der Waals surface area contributed by atoms with E-state index >= 15 is 0 Å². The van der Waals surface area contributed by atoms with Crippen LogP contribution in [0.2, 0.25) is 0 Å². The van der Waals surface area contributed by atoms with E-state index in [1.807, 2.05) is 30.5 Å². The van der Waals surface area contributed by atoms with Crippen LogP contribution in [0.3, 0.4) is 0 Å². The first kappa shape index (κ1) is 24.9. The number of halogens is 1. The van der Waals surface area contributed by atoms with Crippen molar-refractivity contribution in [1.82, 2.24) is 9.88 Å². The van der Waals surface area contributed by atoms with Crippen molar-refractivity contribution in [2.75, 3.05) is 11.4 Å². The van der Waals surface area contributed by atoms with Crippen LogP contribution in [0.5, 0.6) is 5.75 Å². The zero-order valence-corrected chi connectivity index (χ0v) is 20.5. The molecule has 9 heteroatoms. The second-order valence-corrected chi connectivity index (χ2v) is 8.96. The summed E-state index contributed by atoms with van der Waals surface area (Å²) in [6.07, 6.45) is 1.99. The van der Waals surface area contributed by atoms with Gasteiger partial charge < -0.3 is 14.6 Å². The van der Waals surface area contributed by atoms with Gasteiger partial charge in [-0.2, -0.15) is 0 Å². The standard InChI is InChI=1S/C29H24FN3O5/c1-18(34)38-21-12-10-20(11-13-21)33-27(35)16-26(29(33)37)32(28(36)23-7-2-4-8-24(23)30)15-14-19-17-31-25-9-5-3-6-22(19)25/h2-13,17,26,31H,14-16H2,1H3. The van der Waals surface area contributed by atoms with Gasteiger partial charge in [-0.05, 0) is 54.4 Å². The number of nitrogens with one attached hydrogen (secondary N) is 1. The molecule has 1 saturated heterocycles. The second kappa shape index (κ2) is 10.3. The first-order valence-electron chi connectivity index (χ1n) is 12.1. The van der Waals surface area contributed by atoms with E-state index in [1.54, 1.807) is 6.07 Å². The lowest BCUT2D eigenvalue weighted by molar-refractivity contribution is -0.132. The van der Waals surface area contributed by atoms with E-state index in [1.165, 1.54) is 54.3 Å². The number of rotatable bonds is 7. The molecule has 0 spiro atoms. The Bertz CT molecular complexity index is 1550. The van der Waals surface area contributed by atoms with Crippen LogP contribution in [0.25, 0.3) is 10.9 Å². The maximum Gasteiger partial charge on any atom is 0.308 e. The topological polar surface area (TPSA) is 99.8 Å². The predicted molar refractivity (Wildman–Crippen MR) is 138 cm³/mol. The van der Waals surface area contributed by atoms with Crippen molar-refractivity contribution in [3.05, 3.63) is 95.9 Å². The molecule has 3 amide bonds. The molecule has 0 radical (unpaired) electrons. The molecule has 5 rings (SSSR count). The van der Waals surface area contributed by atoms with Gasteiger partial charge in [-0.15, -0.1) is 0 Å². The van der Waals surface area contributed by atoms with Crippen molar-refractivity contribution >= 4 is 40.3 Å². The van der Waals surface area contributed by atoms with Gasteiger partial charge in [-0.25, -0.2) is 9.29 Å². The average molecular weight is 514 g/mol. The van der Waals surface area contributed by atoms with Crippen molar-refractivity contribution in [3.63, 3.8) is 0 Å². The summed E-state index contributed by atoms with van der Waals surface area (Å²) in [5.74, 6) is -2.67. The fourth-order valence-corrected chi connectivity index (χ4v) is 4.73. The van der Waals surface area contributed by atoms with Crippen LogP contribution < -0.4 is 9.64 Å². The van der Waals surface area contributed by atoms with Crippen molar-refractivity contribution in [3.8, 4) is 5.75 Å². The average Bonchev–Trinajstić information content (AvgIpc) is 3.44. The summed E-state index contributed by atoms with van der Waals surface area (Å²) in [4.78, 5) is 56.8. The van der Waals surface area contributed by atoms with Gasteiger partial charge in [0.1, 0.15) is 17.6 Å². The highest BCUT2D eigenvalue weighted by Gasteiger charge is 2.44. The Morgan fingerprint density at radius 3 is 2.47 bits per heavy atom. The zero-order valence-electron chi connectivity index (χ0n) is 20.5. The van der Waals surface area contributed by atoms with Gasteiger partial charge in [0, 0.05) is 30.6 Å². The lowest BCUT2D eigenvalue weighted by Crippen LogP contribution is -2.46. The minimum absolute atomic E-state index is 0.0952. The number of carbonyl (C=O) groups is 4. The summed E-state index contributed by atoms with van der Waals surface area (Å²) < 4.78 is 19.6. The Labute approximate surface area is 217 Å². The molecule has 1 aliphatic heterocycles. The molecule has 0 saturated carbocycles. The van der Waals surface area contributed by atoms with Gasteiger partial charge in [-0.1, -0.05) is 30.3 Å². The molecular weight excluding hydrogens is 489 g/mol. The molecule has 1 atom stereocenters. The molecular formula is C29H24FN3O5. The lowest BCUT2D eigenvalue weighted by Gasteiger charge is -2.28. The number of nitrogens with zero attached hydrogens (tertiary/aromatic N) is 2. The third kappa shape index (κ3) is 4.78. The number of esters is 1. The maximum atomic E-state index is 14.6. The van der Waals surface area contributed by atoms with Crippen LogP contribution >= 0.6 is 0 Å². The third-order valence-corrected chi connectivity index (χ3v) is 6.52. The monoisotopic (exact) mass is 513 g/mol. The summed E-state index contributed by atoms with van der Waals surface area (Å²) in [6, 6.07) is 18.1. The van der Waals surface area contributed by atoms with E-state index in [9.17, 15) is 23.6 Å². The summed E-state index contributed by atoms with van der Waals surface area (Å²) in [7, 11) is 0. The minimum Gasteiger partial charge on any atom is -0.427 e. The van der Waals surface area contributed by atoms with Gasteiger partial charge in [0.25, 0.3) is 11.8 Å². The number of hydrogen-bond acceptors (Lipinski definition) is 5. The Kier molecular flexibility index (Phi) is 6.74. The molecule has 0 bridgehead atoms. The molecule has 3 aromatic carbocycles. The molecule has 0 aliphatic carbocycles. The normalized spacial score (nSPS) is 15.2. The predicted octanol–water partition coefficient (Wildman–Crippen LogP) is 4.25. The largest absolute Gasteiger partial charge is 0.427 e. The van der Waals surface area contributed by atoms with Crippen LogP contribution in [0.15, 0.2) is 79.0 Å². The zero-order chi connectivity index (χ0) is 26.8. The number of ether oxygens (including phenoxy) is 1. The highest BCUT2D eigenvalue weighted by atomic mass is 19.1. The van der Waals surface area contributed by atoms with Crippen LogP contribution in [-0.4, -0.2) is 46.2 Å². The van der Waals surface area contributed by atoms with Crippen LogP contribution in [-0.2, 0) is 20.8 Å². The number of aromatic nitrogens is 1. The van der Waals surface area contributed by atoms with Crippen molar-refractivity contribution in [2.24, 2.45) is 0 Å². The summed E-state index contributed by atoms with van der Waals surface area (Å²) in [6.45, 7) is 1.36. The minimum atomic E-state index is -1.10. The maximum absolute atomic E-state index is 14.6. The summed E-state index contributed by atoms with van der Waals surface area (Å²) in [5.41, 5.74) is 1.98. The van der Waals surface area contributed by atoms with E-state index in [4.69, 9.17) is 4.74 Å². The first-order chi connectivity index (χ1) is 18.3. The highest BCUT2D eigenvalue weighted by Crippen LogP contribution is 2.29. The van der Waals surface area contributed by atoms with E-state index in [0.717, 1.165) is 21.4 Å². The van der Waals surface area contributed by atoms with Crippen molar-refractivity contribution < 1.29 is 28.3 Å². The van der Waals surface area contributed by atoms with E-state index in [2.05, 4.69) is 4.98 Å². The van der Waals surface area contributed by atoms with Gasteiger partial charge in [0.05, 0.1) is 17.7 Å². The molecule has 1 N–H and O–H groups in total. The van der Waals surface area contributed by atoms with E-state index < -0.39 is 35.5 Å². The molecule has 1 aromatic heterocycles. The number of aromatic amines is 1. The number of para-hydroxylation sites is 1. The van der Waals surface area contributed by atoms with Crippen molar-refractivity contribution in [1.29, 1.82) is 0 Å². The quantitative estimate of drug-likeness (QED) is 0.226. The highest BCUT2D eigenvalue weighted by molar-refractivity contribution is 6.23. The molecule has 1 unspecified atom stereocenters. The Hall–Kier alpha value is -4.79. The van der Waals surface area contributed by atoms with Crippen molar-refractivity contribution in [2.45, 2.75) is 25.8 Å². The number of benzene rings is 3. The number of anilines is 1. The van der Waals surface area contributed by atoms with Gasteiger partial charge >= 0.3 is 5.97 Å². The Balaban J connectivity index is 1.44. The fourth-order valence-electron chi connectivity index (χ4n) is 4.73. The summed E-state index contributed by atoms with van der Waals surface area (Å²) >= 11 is 0. The number of amides is 3. The lowest BCUT2D eigenvalue weighted by atomic mass is 10.1.